The number of nitrogens with zero attached hydrogens (tertiary/aromatic N) is 6. The van der Waals surface area contributed by atoms with Crippen molar-refractivity contribution in [1.29, 1.82) is 0 Å². The van der Waals surface area contributed by atoms with Gasteiger partial charge in [0.1, 0.15) is 17.7 Å². The molecule has 43 heavy (non-hydrogen) atoms. The van der Waals surface area contributed by atoms with Gasteiger partial charge in [-0.3, -0.25) is 9.59 Å². The quantitative estimate of drug-likeness (QED) is 0.287. The standard InChI is InChI=1S/C30H37ClN10O2/c1-18(24-6-5-7-26(36-24)40-12-10-39(4)11-13-40)35-28(42)19(2)41-17-21-9-8-20(14-22(21)29(41)43)27-23(31)16-34-30(38-27)37-25(15-32)33-3/h5-9,14-16,18-19,33H,10-13,17,32H2,1-4H3,(H,35,42)(H,34,37,38)/b25-15+/t18?,19-/m1/s1. The maximum absolute atomic E-state index is 13.5. The van der Waals surface area contributed by atoms with Crippen molar-refractivity contribution < 1.29 is 9.59 Å². The van der Waals surface area contributed by atoms with Crippen molar-refractivity contribution in [3.63, 3.8) is 0 Å². The van der Waals surface area contributed by atoms with Crippen LogP contribution in [0.5, 0.6) is 0 Å². The van der Waals surface area contributed by atoms with E-state index in [4.69, 9.17) is 22.3 Å². The summed E-state index contributed by atoms with van der Waals surface area (Å²) in [6.07, 6.45) is 2.85. The van der Waals surface area contributed by atoms with Gasteiger partial charge >= 0.3 is 0 Å². The summed E-state index contributed by atoms with van der Waals surface area (Å²) < 4.78 is 0. The zero-order valence-electron chi connectivity index (χ0n) is 24.8. The van der Waals surface area contributed by atoms with E-state index < -0.39 is 6.04 Å². The van der Waals surface area contributed by atoms with Crippen molar-refractivity contribution in [1.82, 2.24) is 35.4 Å². The first-order valence-corrected chi connectivity index (χ1v) is 14.6. The summed E-state index contributed by atoms with van der Waals surface area (Å²) in [6.45, 7) is 7.76. The number of likely N-dealkylation sites (N-methyl/N-ethyl adjacent to an activating group) is 1. The molecular formula is C30H37ClN10O2. The average Bonchev–Trinajstić information content (AvgIpc) is 3.35. The van der Waals surface area contributed by atoms with E-state index in [1.807, 2.05) is 37.3 Å². The van der Waals surface area contributed by atoms with Crippen LogP contribution in [0, 0.1) is 0 Å². The van der Waals surface area contributed by atoms with Crippen LogP contribution in [0.2, 0.25) is 5.02 Å². The summed E-state index contributed by atoms with van der Waals surface area (Å²) in [7, 11) is 3.83. The molecule has 0 radical (unpaired) electrons. The highest BCUT2D eigenvalue weighted by Crippen LogP contribution is 2.32. The molecule has 3 aromatic rings. The zero-order chi connectivity index (χ0) is 30.7. The Hall–Kier alpha value is -4.42. The second-order valence-corrected chi connectivity index (χ2v) is 11.2. The van der Waals surface area contributed by atoms with Gasteiger partial charge in [0.05, 0.1) is 28.6 Å². The van der Waals surface area contributed by atoms with Crippen LogP contribution >= 0.6 is 11.6 Å². The molecule has 2 aliphatic rings. The number of anilines is 2. The molecule has 1 saturated heterocycles. The molecular weight excluding hydrogens is 568 g/mol. The molecule has 1 fully saturated rings. The number of halogens is 1. The van der Waals surface area contributed by atoms with Gasteiger partial charge in [-0.25, -0.2) is 15.0 Å². The van der Waals surface area contributed by atoms with E-state index in [1.54, 1.807) is 24.9 Å². The van der Waals surface area contributed by atoms with E-state index in [-0.39, 0.29) is 17.9 Å². The van der Waals surface area contributed by atoms with Crippen molar-refractivity contribution in [3.05, 3.63) is 76.5 Å². The lowest BCUT2D eigenvalue weighted by molar-refractivity contribution is -0.125. The summed E-state index contributed by atoms with van der Waals surface area (Å²) in [5.41, 5.74) is 8.83. The Kier molecular flexibility index (Phi) is 8.97. The molecule has 2 atom stereocenters. The monoisotopic (exact) mass is 604 g/mol. The molecule has 4 heterocycles. The summed E-state index contributed by atoms with van der Waals surface area (Å²) in [5.74, 6) is 1.25. The summed E-state index contributed by atoms with van der Waals surface area (Å²) in [4.78, 5) is 46.5. The highest BCUT2D eigenvalue weighted by Gasteiger charge is 2.35. The maximum Gasteiger partial charge on any atom is 0.255 e. The van der Waals surface area contributed by atoms with Crippen molar-refractivity contribution in [3.8, 4) is 11.3 Å². The minimum atomic E-state index is -0.687. The molecule has 5 N–H and O–H groups in total. The van der Waals surface area contributed by atoms with Crippen molar-refractivity contribution >= 4 is 35.2 Å². The number of rotatable bonds is 9. The molecule has 2 amide bonds. The van der Waals surface area contributed by atoms with E-state index in [1.165, 1.54) is 12.4 Å². The fraction of sp³-hybridized carbons (Fsp3) is 0.367. The lowest BCUT2D eigenvalue weighted by Gasteiger charge is -2.33. The van der Waals surface area contributed by atoms with E-state index in [0.29, 0.717) is 40.2 Å². The van der Waals surface area contributed by atoms with Crippen LogP contribution in [-0.2, 0) is 11.3 Å². The number of benzene rings is 1. The van der Waals surface area contributed by atoms with Gasteiger partial charge in [0, 0.05) is 57.1 Å². The lowest BCUT2D eigenvalue weighted by Crippen LogP contribution is -2.46. The number of carbonyl (C=O) groups excluding carboxylic acids is 2. The minimum absolute atomic E-state index is 0.227. The number of piperazine rings is 1. The molecule has 1 aromatic carbocycles. The van der Waals surface area contributed by atoms with Gasteiger partial charge in [-0.05, 0) is 44.7 Å². The normalized spacial score (nSPS) is 17.0. The number of amides is 2. The predicted molar refractivity (Wildman–Crippen MR) is 167 cm³/mol. The van der Waals surface area contributed by atoms with Crippen LogP contribution in [-0.4, -0.2) is 82.9 Å². The van der Waals surface area contributed by atoms with Gasteiger partial charge in [-0.1, -0.05) is 29.8 Å². The van der Waals surface area contributed by atoms with Crippen molar-refractivity contribution in [2.24, 2.45) is 5.73 Å². The number of hydrogen-bond acceptors (Lipinski definition) is 10. The number of nitrogens with one attached hydrogen (secondary N) is 3. The summed E-state index contributed by atoms with van der Waals surface area (Å²) in [5, 5.41) is 9.26. The van der Waals surface area contributed by atoms with Gasteiger partial charge in [0.15, 0.2) is 0 Å². The van der Waals surface area contributed by atoms with Crippen LogP contribution in [0.15, 0.2) is 54.6 Å². The van der Waals surface area contributed by atoms with Gasteiger partial charge in [0.2, 0.25) is 11.9 Å². The van der Waals surface area contributed by atoms with Gasteiger partial charge < -0.3 is 36.4 Å². The molecule has 0 spiro atoms. The number of aromatic nitrogens is 3. The number of fused-ring (bicyclic) bond motifs is 1. The highest BCUT2D eigenvalue weighted by atomic mass is 35.5. The predicted octanol–water partition coefficient (Wildman–Crippen LogP) is 2.55. The molecule has 0 aliphatic carbocycles. The first-order valence-electron chi connectivity index (χ1n) is 14.2. The largest absolute Gasteiger partial charge is 0.402 e. The second kappa shape index (κ2) is 12.8. The number of hydrogen-bond donors (Lipinski definition) is 4. The highest BCUT2D eigenvalue weighted by molar-refractivity contribution is 6.33. The van der Waals surface area contributed by atoms with Crippen LogP contribution in [0.3, 0.4) is 0 Å². The Balaban J connectivity index is 1.27. The first-order chi connectivity index (χ1) is 20.7. The van der Waals surface area contributed by atoms with Crippen LogP contribution in [0.4, 0.5) is 11.8 Å². The Morgan fingerprint density at radius 3 is 2.60 bits per heavy atom. The topological polar surface area (TPSA) is 145 Å². The zero-order valence-corrected chi connectivity index (χ0v) is 25.5. The summed E-state index contributed by atoms with van der Waals surface area (Å²) in [6, 6.07) is 10.4. The minimum Gasteiger partial charge on any atom is -0.402 e. The van der Waals surface area contributed by atoms with E-state index in [0.717, 1.165) is 43.3 Å². The van der Waals surface area contributed by atoms with E-state index >= 15 is 0 Å². The fourth-order valence-electron chi connectivity index (χ4n) is 5.16. The molecule has 2 aliphatic heterocycles. The molecule has 2 aromatic heterocycles. The van der Waals surface area contributed by atoms with Crippen molar-refractivity contribution in [2.45, 2.75) is 32.5 Å². The fourth-order valence-corrected chi connectivity index (χ4v) is 5.36. The Bertz CT molecular complexity index is 1540. The number of carbonyl (C=O) groups is 2. The van der Waals surface area contributed by atoms with Gasteiger partial charge in [0.25, 0.3) is 5.91 Å². The van der Waals surface area contributed by atoms with E-state index in [2.05, 4.69) is 42.8 Å². The molecule has 226 valence electrons. The summed E-state index contributed by atoms with van der Waals surface area (Å²) >= 11 is 6.44. The lowest BCUT2D eigenvalue weighted by atomic mass is 10.0. The molecule has 1 unspecified atom stereocenters. The number of pyridine rings is 1. The first kappa shape index (κ1) is 30.1. The smallest absolute Gasteiger partial charge is 0.255 e. The molecule has 0 bridgehead atoms. The molecule has 13 heteroatoms. The van der Waals surface area contributed by atoms with Crippen LogP contribution in [0.25, 0.3) is 11.3 Å². The number of nitrogens with two attached hydrogens (primary N) is 1. The van der Waals surface area contributed by atoms with Gasteiger partial charge in [-0.15, -0.1) is 0 Å². The SMILES string of the molecule is CN/C(=C\N)Nc1ncc(Cl)c(-c2ccc3c(c2)C(=O)N([C@H](C)C(=O)NC(C)c2cccc(N4CCN(C)CC4)n2)C3)n1. The molecule has 12 nitrogen and oxygen atoms in total. The Morgan fingerprint density at radius 1 is 1.12 bits per heavy atom. The Morgan fingerprint density at radius 2 is 1.88 bits per heavy atom. The average molecular weight is 605 g/mol. The Labute approximate surface area is 256 Å². The third kappa shape index (κ3) is 6.50. The maximum atomic E-state index is 13.5. The van der Waals surface area contributed by atoms with Crippen LogP contribution in [0.1, 0.15) is 41.5 Å². The third-order valence-electron chi connectivity index (χ3n) is 7.87. The van der Waals surface area contributed by atoms with Crippen LogP contribution < -0.4 is 26.6 Å². The molecule has 0 saturated carbocycles. The van der Waals surface area contributed by atoms with E-state index in [9.17, 15) is 9.59 Å². The second-order valence-electron chi connectivity index (χ2n) is 10.8. The van der Waals surface area contributed by atoms with Gasteiger partial charge in [-0.2, -0.15) is 0 Å². The molecule has 5 rings (SSSR count). The third-order valence-corrected chi connectivity index (χ3v) is 8.15. The van der Waals surface area contributed by atoms with Crippen molar-refractivity contribution in [2.75, 3.05) is 50.5 Å².